The van der Waals surface area contributed by atoms with Crippen molar-refractivity contribution in [3.05, 3.63) is 35.9 Å². The Labute approximate surface area is 108 Å². The van der Waals surface area contributed by atoms with Gasteiger partial charge in [0, 0.05) is 32.7 Å². The minimum Gasteiger partial charge on any atom is -0.340 e. The number of likely N-dealkylation sites (N-methyl/N-ethyl adjacent to an activating group) is 1. The Bertz CT molecular complexity index is 393. The second-order valence-corrected chi connectivity index (χ2v) is 4.87. The molecule has 4 heteroatoms. The number of nitrogens with zero attached hydrogens (tertiary/aromatic N) is 2. The van der Waals surface area contributed by atoms with Crippen LogP contribution in [-0.2, 0) is 11.3 Å². The molecule has 0 spiro atoms. The van der Waals surface area contributed by atoms with Crippen LogP contribution in [0.5, 0.6) is 0 Å². The number of carbonyl (C=O) groups excluding carboxylic acids is 1. The summed E-state index contributed by atoms with van der Waals surface area (Å²) in [4.78, 5) is 15.7. The molecular weight excluding hydrogens is 226 g/mol. The largest absolute Gasteiger partial charge is 0.340 e. The van der Waals surface area contributed by atoms with E-state index in [0.717, 1.165) is 26.1 Å². The SMILES string of the molecule is CN(C(=O)CN)[C@H]1CCN(Cc2ccccc2)C1. The number of likely N-dealkylation sites (tertiary alicyclic amines) is 1. The standard InChI is InChI=1S/C14H21N3O/c1-16(14(18)9-15)13-7-8-17(11-13)10-12-5-3-2-4-6-12/h2-6,13H,7-11,15H2,1H3/t13-/m0/s1. The Morgan fingerprint density at radius 3 is 2.83 bits per heavy atom. The van der Waals surface area contributed by atoms with Gasteiger partial charge in [-0.2, -0.15) is 0 Å². The Morgan fingerprint density at radius 2 is 2.17 bits per heavy atom. The van der Waals surface area contributed by atoms with Crippen LogP contribution in [0, 0.1) is 0 Å². The van der Waals surface area contributed by atoms with Crippen molar-refractivity contribution >= 4 is 5.91 Å². The zero-order valence-corrected chi connectivity index (χ0v) is 10.9. The lowest BCUT2D eigenvalue weighted by atomic mass is 10.2. The maximum Gasteiger partial charge on any atom is 0.236 e. The van der Waals surface area contributed by atoms with Crippen LogP contribution in [0.3, 0.4) is 0 Å². The Kier molecular flexibility index (Phi) is 4.33. The maximum absolute atomic E-state index is 11.5. The van der Waals surface area contributed by atoms with Crippen LogP contribution in [0.25, 0.3) is 0 Å². The second kappa shape index (κ2) is 5.98. The van der Waals surface area contributed by atoms with Gasteiger partial charge in [-0.1, -0.05) is 30.3 Å². The minimum absolute atomic E-state index is 0.0292. The molecule has 4 nitrogen and oxygen atoms in total. The fourth-order valence-corrected chi connectivity index (χ4v) is 2.46. The van der Waals surface area contributed by atoms with Crippen LogP contribution >= 0.6 is 0 Å². The molecule has 2 N–H and O–H groups in total. The lowest BCUT2D eigenvalue weighted by Gasteiger charge is -2.24. The van der Waals surface area contributed by atoms with Gasteiger partial charge in [0.25, 0.3) is 0 Å². The number of rotatable bonds is 4. The zero-order chi connectivity index (χ0) is 13.0. The van der Waals surface area contributed by atoms with E-state index in [9.17, 15) is 4.79 Å². The molecule has 2 rings (SSSR count). The fraction of sp³-hybridized carbons (Fsp3) is 0.500. The van der Waals surface area contributed by atoms with Crippen LogP contribution in [0.1, 0.15) is 12.0 Å². The van der Waals surface area contributed by atoms with Crippen molar-refractivity contribution in [3.8, 4) is 0 Å². The Hall–Kier alpha value is -1.39. The third-order valence-corrected chi connectivity index (χ3v) is 3.61. The van der Waals surface area contributed by atoms with E-state index in [4.69, 9.17) is 5.73 Å². The molecule has 98 valence electrons. The summed E-state index contributed by atoms with van der Waals surface area (Å²) in [6.45, 7) is 3.05. The molecule has 1 aliphatic rings. The average Bonchev–Trinajstić information content (AvgIpc) is 2.86. The Balaban J connectivity index is 1.87. The van der Waals surface area contributed by atoms with Gasteiger partial charge in [-0.05, 0) is 12.0 Å². The van der Waals surface area contributed by atoms with Gasteiger partial charge >= 0.3 is 0 Å². The second-order valence-electron chi connectivity index (χ2n) is 4.87. The highest BCUT2D eigenvalue weighted by Crippen LogP contribution is 2.17. The van der Waals surface area contributed by atoms with Crippen molar-refractivity contribution in [2.75, 3.05) is 26.7 Å². The van der Waals surface area contributed by atoms with Crippen LogP contribution < -0.4 is 5.73 Å². The average molecular weight is 247 g/mol. The highest BCUT2D eigenvalue weighted by molar-refractivity contribution is 5.78. The summed E-state index contributed by atoms with van der Waals surface area (Å²) < 4.78 is 0. The molecule has 0 saturated carbocycles. The molecule has 0 aromatic heterocycles. The summed E-state index contributed by atoms with van der Waals surface area (Å²) in [7, 11) is 1.85. The van der Waals surface area contributed by atoms with Gasteiger partial charge in [0.05, 0.1) is 6.54 Å². The third kappa shape index (κ3) is 3.09. The molecule has 0 aliphatic carbocycles. The molecule has 0 bridgehead atoms. The van der Waals surface area contributed by atoms with Crippen molar-refractivity contribution < 1.29 is 4.79 Å². The molecule has 1 atom stereocenters. The number of hydrogen-bond acceptors (Lipinski definition) is 3. The summed E-state index contributed by atoms with van der Waals surface area (Å²) in [5.74, 6) is 0.0292. The number of benzene rings is 1. The first-order chi connectivity index (χ1) is 8.70. The van der Waals surface area contributed by atoms with Gasteiger partial charge in [-0.15, -0.1) is 0 Å². The molecule has 1 saturated heterocycles. The van der Waals surface area contributed by atoms with Crippen molar-refractivity contribution in [1.82, 2.24) is 9.80 Å². The van der Waals surface area contributed by atoms with Gasteiger partial charge in [-0.3, -0.25) is 9.69 Å². The van der Waals surface area contributed by atoms with E-state index in [1.807, 2.05) is 13.1 Å². The molecule has 1 heterocycles. The van der Waals surface area contributed by atoms with Crippen molar-refractivity contribution in [3.63, 3.8) is 0 Å². The molecule has 18 heavy (non-hydrogen) atoms. The van der Waals surface area contributed by atoms with Crippen LogP contribution in [0.2, 0.25) is 0 Å². The summed E-state index contributed by atoms with van der Waals surface area (Å²) in [5.41, 5.74) is 6.72. The molecule has 1 aromatic carbocycles. The fourth-order valence-electron chi connectivity index (χ4n) is 2.46. The molecule has 0 radical (unpaired) electrons. The lowest BCUT2D eigenvalue weighted by Crippen LogP contribution is -2.42. The topological polar surface area (TPSA) is 49.6 Å². The van der Waals surface area contributed by atoms with Crippen molar-refractivity contribution in [2.24, 2.45) is 5.73 Å². The van der Waals surface area contributed by atoms with Crippen molar-refractivity contribution in [2.45, 2.75) is 19.0 Å². The van der Waals surface area contributed by atoms with Crippen molar-refractivity contribution in [1.29, 1.82) is 0 Å². The first kappa shape index (κ1) is 13.1. The lowest BCUT2D eigenvalue weighted by molar-refractivity contribution is -0.130. The predicted molar refractivity (Wildman–Crippen MR) is 71.9 cm³/mol. The molecule has 0 unspecified atom stereocenters. The van der Waals surface area contributed by atoms with E-state index in [2.05, 4.69) is 29.2 Å². The summed E-state index contributed by atoms with van der Waals surface area (Å²) in [6.07, 6.45) is 1.04. The van der Waals surface area contributed by atoms with Gasteiger partial charge in [0.1, 0.15) is 0 Å². The summed E-state index contributed by atoms with van der Waals surface area (Å²) in [5, 5.41) is 0. The summed E-state index contributed by atoms with van der Waals surface area (Å²) >= 11 is 0. The highest BCUT2D eigenvalue weighted by Gasteiger charge is 2.27. The number of hydrogen-bond donors (Lipinski definition) is 1. The predicted octanol–water partition coefficient (Wildman–Crippen LogP) is 0.678. The molecule has 1 aromatic rings. The molecular formula is C14H21N3O. The van der Waals surface area contributed by atoms with Gasteiger partial charge in [0.15, 0.2) is 0 Å². The smallest absolute Gasteiger partial charge is 0.236 e. The zero-order valence-electron chi connectivity index (χ0n) is 10.9. The number of amides is 1. The van der Waals surface area contributed by atoms with Crippen LogP contribution in [-0.4, -0.2) is 48.4 Å². The number of nitrogens with two attached hydrogens (primary N) is 1. The molecule has 1 aliphatic heterocycles. The van der Waals surface area contributed by atoms with E-state index in [-0.39, 0.29) is 12.5 Å². The van der Waals surface area contributed by atoms with Gasteiger partial charge in [0.2, 0.25) is 5.91 Å². The van der Waals surface area contributed by atoms with E-state index in [1.165, 1.54) is 5.56 Å². The van der Waals surface area contributed by atoms with Crippen LogP contribution in [0.4, 0.5) is 0 Å². The Morgan fingerprint density at radius 1 is 1.44 bits per heavy atom. The quantitative estimate of drug-likeness (QED) is 0.851. The maximum atomic E-state index is 11.5. The molecule has 1 fully saturated rings. The van der Waals surface area contributed by atoms with E-state index >= 15 is 0 Å². The first-order valence-electron chi connectivity index (χ1n) is 6.42. The van der Waals surface area contributed by atoms with Crippen LogP contribution in [0.15, 0.2) is 30.3 Å². The summed E-state index contributed by atoms with van der Waals surface area (Å²) in [6, 6.07) is 10.7. The van der Waals surface area contributed by atoms with E-state index < -0.39 is 0 Å². The first-order valence-corrected chi connectivity index (χ1v) is 6.42. The monoisotopic (exact) mass is 247 g/mol. The van der Waals surface area contributed by atoms with E-state index in [0.29, 0.717) is 6.04 Å². The normalized spacial score (nSPS) is 20.0. The van der Waals surface area contributed by atoms with E-state index in [1.54, 1.807) is 4.90 Å². The highest BCUT2D eigenvalue weighted by atomic mass is 16.2. The minimum atomic E-state index is 0.0292. The molecule has 1 amide bonds. The van der Waals surface area contributed by atoms with Gasteiger partial charge < -0.3 is 10.6 Å². The third-order valence-electron chi connectivity index (χ3n) is 3.61. The number of carbonyl (C=O) groups is 1. The van der Waals surface area contributed by atoms with Gasteiger partial charge in [-0.25, -0.2) is 0 Å².